The highest BCUT2D eigenvalue weighted by Gasteiger charge is 2.20. The van der Waals surface area contributed by atoms with Crippen LogP contribution in [0.25, 0.3) is 33.6 Å². The predicted octanol–water partition coefficient (Wildman–Crippen LogP) is 4.87. The van der Waals surface area contributed by atoms with Gasteiger partial charge in [0.2, 0.25) is 0 Å². The highest BCUT2D eigenvalue weighted by Crippen LogP contribution is 2.36. The number of carbonyl (C=O) groups is 1. The van der Waals surface area contributed by atoms with Gasteiger partial charge in [-0.2, -0.15) is 5.10 Å². The average Bonchev–Trinajstić information content (AvgIpc) is 3.20. The molecule has 2 heterocycles. The molecule has 0 aliphatic carbocycles. The molecule has 0 fully saturated rings. The predicted molar refractivity (Wildman–Crippen MR) is 104 cm³/mol. The molecule has 5 nitrogen and oxygen atoms in total. The van der Waals surface area contributed by atoms with Gasteiger partial charge in [-0.3, -0.25) is 5.10 Å². The molecule has 2 aromatic heterocycles. The largest absolute Gasteiger partial charge is 0.478 e. The van der Waals surface area contributed by atoms with Crippen molar-refractivity contribution in [3.8, 4) is 5.69 Å². The Morgan fingerprint density at radius 1 is 1.26 bits per heavy atom. The molecule has 0 bridgehead atoms. The van der Waals surface area contributed by atoms with Gasteiger partial charge in [-0.25, -0.2) is 9.18 Å². The number of H-pyrrole nitrogens is 1. The molecule has 0 aliphatic heterocycles. The Hall–Kier alpha value is -3.41. The highest BCUT2D eigenvalue weighted by molar-refractivity contribution is 6.02. The lowest BCUT2D eigenvalue weighted by Crippen LogP contribution is -2.03. The van der Waals surface area contributed by atoms with Crippen molar-refractivity contribution in [3.63, 3.8) is 0 Å². The first-order valence-electron chi connectivity index (χ1n) is 8.64. The van der Waals surface area contributed by atoms with E-state index in [1.54, 1.807) is 24.4 Å². The van der Waals surface area contributed by atoms with Crippen LogP contribution in [0.15, 0.2) is 48.7 Å². The molecule has 0 aliphatic rings. The molecule has 4 rings (SSSR count). The van der Waals surface area contributed by atoms with Gasteiger partial charge in [0.15, 0.2) is 0 Å². The van der Waals surface area contributed by atoms with Gasteiger partial charge in [-0.15, -0.1) is 0 Å². The number of nitrogens with one attached hydrogen (secondary N) is 1. The molecule has 2 aromatic carbocycles. The molecule has 0 unspecified atom stereocenters. The molecule has 0 spiro atoms. The number of nitrogens with zero attached hydrogens (tertiary/aromatic N) is 2. The van der Waals surface area contributed by atoms with E-state index in [0.717, 1.165) is 44.8 Å². The smallest absolute Gasteiger partial charge is 0.328 e. The first-order valence-corrected chi connectivity index (χ1v) is 8.64. The average molecular weight is 363 g/mol. The summed E-state index contributed by atoms with van der Waals surface area (Å²) in [6.07, 6.45) is 4.52. The molecule has 0 radical (unpaired) electrons. The molecule has 2 N–H and O–H groups in total. The third-order valence-corrected chi connectivity index (χ3v) is 4.63. The van der Waals surface area contributed by atoms with Gasteiger partial charge < -0.3 is 9.67 Å². The number of carboxylic acid groups (broad SMARTS) is 1. The third-order valence-electron chi connectivity index (χ3n) is 4.63. The first-order chi connectivity index (χ1) is 13.0. The zero-order chi connectivity index (χ0) is 19.1. The summed E-state index contributed by atoms with van der Waals surface area (Å²) in [5.41, 5.74) is 4.42. The molecule has 6 heteroatoms. The van der Waals surface area contributed by atoms with E-state index in [4.69, 9.17) is 5.11 Å². The van der Waals surface area contributed by atoms with Crippen LogP contribution in [0.3, 0.4) is 0 Å². The molecule has 0 amide bonds. The second-order valence-corrected chi connectivity index (χ2v) is 6.76. The highest BCUT2D eigenvalue weighted by atomic mass is 19.1. The van der Waals surface area contributed by atoms with E-state index in [2.05, 4.69) is 28.6 Å². The van der Waals surface area contributed by atoms with E-state index in [9.17, 15) is 9.18 Å². The van der Waals surface area contributed by atoms with Gasteiger partial charge in [-0.05, 0) is 48.4 Å². The summed E-state index contributed by atoms with van der Waals surface area (Å²) >= 11 is 0. The number of hydrogen-bond donors (Lipinski definition) is 2. The minimum absolute atomic E-state index is 0.118. The Kier molecular flexibility index (Phi) is 4.03. The molecule has 0 saturated carbocycles. The Morgan fingerprint density at radius 3 is 2.67 bits per heavy atom. The van der Waals surface area contributed by atoms with Crippen molar-refractivity contribution in [3.05, 3.63) is 65.7 Å². The summed E-state index contributed by atoms with van der Waals surface area (Å²) < 4.78 is 15.5. The van der Waals surface area contributed by atoms with Gasteiger partial charge >= 0.3 is 5.97 Å². The minimum Gasteiger partial charge on any atom is -0.478 e. The van der Waals surface area contributed by atoms with Crippen molar-refractivity contribution >= 4 is 33.9 Å². The van der Waals surface area contributed by atoms with Crippen LogP contribution in [-0.2, 0) is 4.79 Å². The lowest BCUT2D eigenvalue weighted by Gasteiger charge is -2.14. The number of rotatable bonds is 4. The summed E-state index contributed by atoms with van der Waals surface area (Å²) in [7, 11) is 0. The van der Waals surface area contributed by atoms with Crippen LogP contribution < -0.4 is 0 Å². The summed E-state index contributed by atoms with van der Waals surface area (Å²) in [4.78, 5) is 11.1. The zero-order valence-electron chi connectivity index (χ0n) is 14.9. The van der Waals surface area contributed by atoms with E-state index in [1.807, 2.05) is 12.1 Å². The van der Waals surface area contributed by atoms with Crippen LogP contribution in [0.5, 0.6) is 0 Å². The number of aromatic nitrogens is 3. The summed E-state index contributed by atoms with van der Waals surface area (Å²) in [5.74, 6) is -1.19. The number of benzene rings is 2. The van der Waals surface area contributed by atoms with Crippen LogP contribution >= 0.6 is 0 Å². The summed E-state index contributed by atoms with van der Waals surface area (Å²) in [6, 6.07) is 10.3. The number of hydrogen-bond acceptors (Lipinski definition) is 2. The van der Waals surface area contributed by atoms with Crippen molar-refractivity contribution < 1.29 is 14.3 Å². The minimum atomic E-state index is -1.00. The number of halogens is 1. The topological polar surface area (TPSA) is 70.9 Å². The molecular formula is C21H18FN3O2. The van der Waals surface area contributed by atoms with E-state index in [0.29, 0.717) is 0 Å². The molecule has 0 atom stereocenters. The van der Waals surface area contributed by atoms with Crippen molar-refractivity contribution in [2.75, 3.05) is 0 Å². The van der Waals surface area contributed by atoms with Crippen molar-refractivity contribution in [1.82, 2.24) is 14.8 Å². The maximum Gasteiger partial charge on any atom is 0.328 e. The maximum absolute atomic E-state index is 13.5. The van der Waals surface area contributed by atoms with Gasteiger partial charge in [0, 0.05) is 33.8 Å². The van der Waals surface area contributed by atoms with Crippen molar-refractivity contribution in [2.45, 2.75) is 19.8 Å². The molecule has 27 heavy (non-hydrogen) atoms. The summed E-state index contributed by atoms with van der Waals surface area (Å²) in [5, 5.41) is 18.0. The molecule has 136 valence electrons. The van der Waals surface area contributed by atoms with Gasteiger partial charge in [0.05, 0.1) is 17.2 Å². The van der Waals surface area contributed by atoms with Crippen molar-refractivity contribution in [2.24, 2.45) is 0 Å². The fourth-order valence-electron chi connectivity index (χ4n) is 3.54. The van der Waals surface area contributed by atoms with Crippen LogP contribution in [0.1, 0.15) is 31.0 Å². The van der Waals surface area contributed by atoms with E-state index >= 15 is 0 Å². The second-order valence-electron chi connectivity index (χ2n) is 6.76. The zero-order valence-corrected chi connectivity index (χ0v) is 14.9. The Labute approximate surface area is 154 Å². The van der Waals surface area contributed by atoms with Crippen LogP contribution in [0, 0.1) is 5.82 Å². The number of aliphatic carboxylic acids is 1. The van der Waals surface area contributed by atoms with Crippen LogP contribution in [0.4, 0.5) is 4.39 Å². The Morgan fingerprint density at radius 2 is 2.00 bits per heavy atom. The Balaban J connectivity index is 2.14. The quantitative estimate of drug-likeness (QED) is 0.508. The number of carboxylic acids is 1. The normalized spacial score (nSPS) is 12.0. The SMILES string of the molecule is CC(C)c1c(C=CC(=O)O)c2cc3[nH]ncc3cc2n1-c1ccc(F)cc1. The molecule has 4 aromatic rings. The standard InChI is InChI=1S/C21H18FN3O2/c1-12(2)21-16(7-8-20(26)27)17-10-18-13(11-23-24-18)9-19(17)25(21)15-5-3-14(22)4-6-15/h3-12H,1-2H3,(H,23,24)(H,26,27). The lowest BCUT2D eigenvalue weighted by molar-refractivity contribution is -0.131. The third kappa shape index (κ3) is 2.89. The fraction of sp³-hybridized carbons (Fsp3) is 0.143. The molecular weight excluding hydrogens is 345 g/mol. The van der Waals surface area contributed by atoms with Gasteiger partial charge in [0.25, 0.3) is 0 Å². The second kappa shape index (κ2) is 6.39. The van der Waals surface area contributed by atoms with E-state index < -0.39 is 5.97 Å². The Bertz CT molecular complexity index is 1180. The van der Waals surface area contributed by atoms with E-state index in [-0.39, 0.29) is 11.7 Å². The van der Waals surface area contributed by atoms with Gasteiger partial charge in [0.1, 0.15) is 5.82 Å². The lowest BCUT2D eigenvalue weighted by atomic mass is 10.0. The summed E-state index contributed by atoms with van der Waals surface area (Å²) in [6.45, 7) is 4.11. The van der Waals surface area contributed by atoms with Gasteiger partial charge in [-0.1, -0.05) is 13.8 Å². The van der Waals surface area contributed by atoms with Crippen LogP contribution in [-0.4, -0.2) is 25.8 Å². The van der Waals surface area contributed by atoms with E-state index in [1.165, 1.54) is 12.1 Å². The van der Waals surface area contributed by atoms with Crippen LogP contribution in [0.2, 0.25) is 0 Å². The first kappa shape index (κ1) is 17.0. The number of fused-ring (bicyclic) bond motifs is 2. The number of aromatic amines is 1. The maximum atomic E-state index is 13.5. The fourth-order valence-corrected chi connectivity index (χ4v) is 3.54. The monoisotopic (exact) mass is 363 g/mol. The molecule has 0 saturated heterocycles. The van der Waals surface area contributed by atoms with Crippen molar-refractivity contribution in [1.29, 1.82) is 0 Å².